The van der Waals surface area contributed by atoms with Crippen molar-refractivity contribution < 1.29 is 0 Å². The van der Waals surface area contributed by atoms with Gasteiger partial charge in [-0.3, -0.25) is 0 Å². The van der Waals surface area contributed by atoms with Crippen LogP contribution in [-0.4, -0.2) is 83.7 Å². The lowest BCUT2D eigenvalue weighted by molar-refractivity contribution is 0.270. The third-order valence-electron chi connectivity index (χ3n) is 9.54. The normalized spacial score (nSPS) is 11.5. The molecule has 0 saturated heterocycles. The average Bonchev–Trinajstić information content (AvgIpc) is 3.12. The van der Waals surface area contributed by atoms with Crippen molar-refractivity contribution in [3.05, 3.63) is 24.3 Å². The molecule has 1 aromatic heterocycles. The first-order valence-corrected chi connectivity index (χ1v) is 20.9. The highest BCUT2D eigenvalue weighted by Crippen LogP contribution is 2.25. The summed E-state index contributed by atoms with van der Waals surface area (Å²) in [6.07, 6.45) is 22.9. The van der Waals surface area contributed by atoms with Gasteiger partial charge in [0.2, 0.25) is 17.8 Å². The minimum absolute atomic E-state index is 0.641. The number of benzene rings is 1. The molecule has 1 aromatic carbocycles. The molecule has 9 nitrogen and oxygen atoms in total. The predicted octanol–water partition coefficient (Wildman–Crippen LogP) is 10.1. The second kappa shape index (κ2) is 29.0. The third-order valence-corrected chi connectivity index (χ3v) is 9.54. The molecule has 9 heteroatoms. The van der Waals surface area contributed by atoms with Gasteiger partial charge < -0.3 is 31.1 Å². The highest BCUT2D eigenvalue weighted by molar-refractivity contribution is 5.61. The van der Waals surface area contributed by atoms with Crippen molar-refractivity contribution in [2.24, 2.45) is 0 Å². The number of hydrogen-bond donors (Lipinski definition) is 3. The molecule has 4 N–H and O–H groups in total. The molecule has 0 radical (unpaired) electrons. The molecule has 2 aromatic rings. The van der Waals surface area contributed by atoms with Gasteiger partial charge in [0, 0.05) is 44.1 Å². The fourth-order valence-corrected chi connectivity index (χ4v) is 6.33. The van der Waals surface area contributed by atoms with Gasteiger partial charge in [-0.2, -0.15) is 15.0 Å². The van der Waals surface area contributed by atoms with Crippen molar-refractivity contribution >= 4 is 29.2 Å². The summed E-state index contributed by atoms with van der Waals surface area (Å²) < 4.78 is 0. The molecule has 0 unspecified atom stereocenters. The SMILES string of the molecule is CCCCCCN(CCCCCC)CCNc1nc(NCCN(CCCCCC)CCCCCC)nc(N(CCCC)c2ccc(N)cc2)n1. The molecule has 50 heavy (non-hydrogen) atoms. The Bertz CT molecular complexity index is 988. The Morgan fingerprint density at radius 1 is 0.460 bits per heavy atom. The van der Waals surface area contributed by atoms with Gasteiger partial charge in [-0.15, -0.1) is 0 Å². The number of anilines is 5. The van der Waals surface area contributed by atoms with Crippen LogP contribution >= 0.6 is 0 Å². The van der Waals surface area contributed by atoms with Crippen LogP contribution in [0, 0.1) is 0 Å². The summed E-state index contributed by atoms with van der Waals surface area (Å²) in [5.41, 5.74) is 7.87. The van der Waals surface area contributed by atoms with Gasteiger partial charge in [0.15, 0.2) is 0 Å². The van der Waals surface area contributed by atoms with E-state index in [9.17, 15) is 0 Å². The summed E-state index contributed by atoms with van der Waals surface area (Å²) >= 11 is 0. The van der Waals surface area contributed by atoms with Crippen LogP contribution in [0.15, 0.2) is 24.3 Å². The van der Waals surface area contributed by atoms with Gasteiger partial charge in [-0.1, -0.05) is 118 Å². The molecule has 0 atom stereocenters. The van der Waals surface area contributed by atoms with Gasteiger partial charge >= 0.3 is 0 Å². The standard InChI is InChI=1S/C41H77N9/c1-6-11-16-20-30-48(31-21-17-12-7-2)35-28-43-39-45-40(44-29-36-49(32-22-18-13-8-3)33-23-19-14-9-4)47-41(46-39)50(34-15-10-5)38-26-24-37(42)25-27-38/h24-27H,6-23,28-36,42H2,1-5H3,(H2,43,44,45,46,47). The third kappa shape index (κ3) is 19.7. The summed E-state index contributed by atoms with van der Waals surface area (Å²) in [4.78, 5) is 22.4. The molecule has 0 fully saturated rings. The highest BCUT2D eigenvalue weighted by atomic mass is 15.3. The quantitative estimate of drug-likeness (QED) is 0.0498. The number of rotatable bonds is 33. The van der Waals surface area contributed by atoms with Crippen LogP contribution in [-0.2, 0) is 0 Å². The maximum absolute atomic E-state index is 6.07. The van der Waals surface area contributed by atoms with Gasteiger partial charge in [0.05, 0.1) is 0 Å². The fourth-order valence-electron chi connectivity index (χ4n) is 6.33. The molecule has 0 saturated carbocycles. The molecule has 1 heterocycles. The number of hydrogen-bond acceptors (Lipinski definition) is 9. The van der Waals surface area contributed by atoms with Gasteiger partial charge in [-0.25, -0.2) is 0 Å². The first-order chi connectivity index (χ1) is 24.5. The summed E-state index contributed by atoms with van der Waals surface area (Å²) in [5.74, 6) is 1.96. The van der Waals surface area contributed by atoms with Crippen molar-refractivity contribution in [1.29, 1.82) is 0 Å². The molecule has 0 aliphatic rings. The summed E-state index contributed by atoms with van der Waals surface area (Å²) in [7, 11) is 0. The number of nitrogen functional groups attached to an aromatic ring is 1. The maximum Gasteiger partial charge on any atom is 0.236 e. The number of nitrogens with one attached hydrogen (secondary N) is 2. The van der Waals surface area contributed by atoms with Crippen LogP contribution in [0.25, 0.3) is 0 Å². The lowest BCUT2D eigenvalue weighted by Crippen LogP contribution is -2.32. The van der Waals surface area contributed by atoms with Gasteiger partial charge in [-0.05, 0) is 82.5 Å². The van der Waals surface area contributed by atoms with Crippen LogP contribution in [0.5, 0.6) is 0 Å². The first-order valence-electron chi connectivity index (χ1n) is 20.9. The molecular formula is C41H77N9. The van der Waals surface area contributed by atoms with Crippen molar-refractivity contribution in [3.8, 4) is 0 Å². The highest BCUT2D eigenvalue weighted by Gasteiger charge is 2.17. The van der Waals surface area contributed by atoms with Crippen LogP contribution in [0.3, 0.4) is 0 Å². The molecule has 286 valence electrons. The Morgan fingerprint density at radius 2 is 0.860 bits per heavy atom. The van der Waals surface area contributed by atoms with Crippen molar-refractivity contribution in [1.82, 2.24) is 24.8 Å². The van der Waals surface area contributed by atoms with E-state index in [2.05, 4.69) is 72.1 Å². The average molecular weight is 696 g/mol. The minimum atomic E-state index is 0.641. The van der Waals surface area contributed by atoms with E-state index in [4.69, 9.17) is 20.7 Å². The van der Waals surface area contributed by atoms with Crippen LogP contribution in [0.2, 0.25) is 0 Å². The minimum Gasteiger partial charge on any atom is -0.399 e. The Hall–Kier alpha value is -2.65. The van der Waals surface area contributed by atoms with E-state index in [1.54, 1.807) is 0 Å². The zero-order valence-electron chi connectivity index (χ0n) is 33.2. The number of nitrogens with two attached hydrogens (primary N) is 1. The number of unbranched alkanes of at least 4 members (excludes halogenated alkanes) is 13. The van der Waals surface area contributed by atoms with Crippen molar-refractivity contribution in [2.75, 3.05) is 80.2 Å². The van der Waals surface area contributed by atoms with E-state index in [0.29, 0.717) is 17.8 Å². The van der Waals surface area contributed by atoms with E-state index < -0.39 is 0 Å². The molecule has 0 spiro atoms. The Balaban J connectivity index is 2.22. The van der Waals surface area contributed by atoms with E-state index in [1.165, 1.54) is 129 Å². The van der Waals surface area contributed by atoms with Crippen molar-refractivity contribution in [2.45, 2.75) is 150 Å². The van der Waals surface area contributed by atoms with Gasteiger partial charge in [0.1, 0.15) is 0 Å². The summed E-state index contributed by atoms with van der Waals surface area (Å²) in [6.45, 7) is 20.5. The van der Waals surface area contributed by atoms with Crippen molar-refractivity contribution in [3.63, 3.8) is 0 Å². The maximum atomic E-state index is 6.07. The number of nitrogens with zero attached hydrogens (tertiary/aromatic N) is 6. The lowest BCUT2D eigenvalue weighted by atomic mass is 10.1. The molecule has 0 aliphatic heterocycles. The summed E-state index contributed by atoms with van der Waals surface area (Å²) in [5, 5.41) is 7.22. The zero-order chi connectivity index (χ0) is 36.1. The molecule has 0 bridgehead atoms. The molecule has 2 rings (SSSR count). The predicted molar refractivity (Wildman–Crippen MR) is 219 cm³/mol. The van der Waals surface area contributed by atoms with Gasteiger partial charge in [0.25, 0.3) is 0 Å². The summed E-state index contributed by atoms with van der Waals surface area (Å²) in [6, 6.07) is 8.05. The second-order valence-electron chi connectivity index (χ2n) is 14.2. The number of aromatic nitrogens is 3. The van der Waals surface area contributed by atoms with Crippen LogP contribution < -0.4 is 21.3 Å². The Kier molecular flexibility index (Phi) is 25.2. The topological polar surface area (TPSA) is 98.5 Å². The van der Waals surface area contributed by atoms with E-state index in [0.717, 1.165) is 56.9 Å². The van der Waals surface area contributed by atoms with Crippen LogP contribution in [0.1, 0.15) is 150 Å². The molecule has 0 amide bonds. The fraction of sp³-hybridized carbons (Fsp3) is 0.780. The largest absolute Gasteiger partial charge is 0.399 e. The van der Waals surface area contributed by atoms with Crippen LogP contribution in [0.4, 0.5) is 29.2 Å². The second-order valence-corrected chi connectivity index (χ2v) is 14.2. The Labute approximate surface area is 308 Å². The van der Waals surface area contributed by atoms with E-state index in [-0.39, 0.29) is 0 Å². The Morgan fingerprint density at radius 3 is 1.24 bits per heavy atom. The van der Waals surface area contributed by atoms with E-state index >= 15 is 0 Å². The monoisotopic (exact) mass is 696 g/mol. The first kappa shape index (κ1) is 43.5. The molecular weight excluding hydrogens is 619 g/mol. The molecule has 0 aliphatic carbocycles. The smallest absolute Gasteiger partial charge is 0.236 e. The zero-order valence-corrected chi connectivity index (χ0v) is 33.2. The lowest BCUT2D eigenvalue weighted by Gasteiger charge is -2.25. The van der Waals surface area contributed by atoms with E-state index in [1.807, 2.05) is 12.1 Å².